The molecule has 44 heavy (non-hydrogen) atoms. The highest BCUT2D eigenvalue weighted by Gasteiger charge is 2.20. The van der Waals surface area contributed by atoms with Crippen LogP contribution in [0.1, 0.15) is 49.7 Å². The number of aliphatic hydroxyl groups excluding tert-OH is 2. The molecule has 228 valence electrons. The van der Waals surface area contributed by atoms with Crippen LogP contribution in [0.5, 0.6) is 0 Å². The topological polar surface area (TPSA) is 140 Å². The van der Waals surface area contributed by atoms with E-state index >= 15 is 0 Å². The molecule has 2 aromatic heterocycles. The van der Waals surface area contributed by atoms with Crippen molar-refractivity contribution in [1.29, 1.82) is 0 Å². The Morgan fingerprint density at radius 1 is 0.841 bits per heavy atom. The van der Waals surface area contributed by atoms with Gasteiger partial charge in [-0.1, -0.05) is 36.4 Å². The summed E-state index contributed by atoms with van der Waals surface area (Å²) in [4.78, 5) is 36.9. The fourth-order valence-corrected chi connectivity index (χ4v) is 5.34. The van der Waals surface area contributed by atoms with Crippen molar-refractivity contribution in [3.05, 3.63) is 107 Å². The number of benzene rings is 2. The molecule has 2 amide bonds. The summed E-state index contributed by atoms with van der Waals surface area (Å²) in [6.45, 7) is 7.22. The highest BCUT2D eigenvalue weighted by molar-refractivity contribution is 6.05. The van der Waals surface area contributed by atoms with Crippen molar-refractivity contribution < 1.29 is 19.8 Å². The molecule has 0 aliphatic carbocycles. The molecule has 0 radical (unpaired) electrons. The number of pyridine rings is 2. The lowest BCUT2D eigenvalue weighted by Crippen LogP contribution is -2.21. The smallest absolute Gasteiger partial charge is 0.274 e. The van der Waals surface area contributed by atoms with Gasteiger partial charge in [-0.2, -0.15) is 0 Å². The number of rotatable bonds is 11. The maximum atomic E-state index is 13.1. The van der Waals surface area contributed by atoms with Crippen molar-refractivity contribution in [1.82, 2.24) is 20.2 Å². The van der Waals surface area contributed by atoms with Gasteiger partial charge in [0.2, 0.25) is 0 Å². The van der Waals surface area contributed by atoms with Gasteiger partial charge < -0.3 is 26.2 Å². The molecule has 5 N–H and O–H groups in total. The molecule has 1 atom stereocenters. The second-order valence-electron chi connectivity index (χ2n) is 11.0. The molecule has 0 saturated carbocycles. The number of nitrogens with one attached hydrogen (secondary N) is 3. The zero-order valence-electron chi connectivity index (χ0n) is 25.0. The van der Waals surface area contributed by atoms with Crippen molar-refractivity contribution in [3.8, 4) is 11.1 Å². The van der Waals surface area contributed by atoms with Gasteiger partial charge in [-0.25, -0.2) is 0 Å². The first-order valence-electron chi connectivity index (χ1n) is 14.8. The fraction of sp³-hybridized carbons (Fsp3) is 0.294. The van der Waals surface area contributed by atoms with Crippen LogP contribution in [-0.2, 0) is 13.1 Å². The quantitative estimate of drug-likeness (QED) is 0.165. The third kappa shape index (κ3) is 7.53. The predicted octanol–water partition coefficient (Wildman–Crippen LogP) is 3.91. The van der Waals surface area contributed by atoms with E-state index in [2.05, 4.69) is 30.8 Å². The molecule has 1 fully saturated rings. The number of hydrogen-bond acceptors (Lipinski definition) is 8. The number of amides is 2. The third-order valence-corrected chi connectivity index (χ3v) is 7.84. The Morgan fingerprint density at radius 3 is 1.89 bits per heavy atom. The van der Waals surface area contributed by atoms with Gasteiger partial charge in [0.05, 0.1) is 12.7 Å². The van der Waals surface area contributed by atoms with E-state index < -0.39 is 0 Å². The Bertz CT molecular complexity index is 1610. The maximum Gasteiger partial charge on any atom is 0.274 e. The number of carbonyl (C=O) groups excluding carboxylic acids is 2. The summed E-state index contributed by atoms with van der Waals surface area (Å²) in [5.74, 6) is -0.608. The van der Waals surface area contributed by atoms with Crippen molar-refractivity contribution in [2.45, 2.75) is 39.5 Å². The predicted molar refractivity (Wildman–Crippen MR) is 170 cm³/mol. The number of likely N-dealkylation sites (tertiary alicyclic amines) is 1. The van der Waals surface area contributed by atoms with Crippen LogP contribution in [0.25, 0.3) is 11.1 Å². The van der Waals surface area contributed by atoms with Crippen LogP contribution < -0.4 is 16.0 Å². The standard InChI is InChI=1S/C34H38N6O4/c1-22-27(5-3-7-29(22)38-33(43)31-11-9-24(18-36-31)17-35-14-16-41)28-6-4-8-30(23(28)2)39-34(44)32-12-10-25(19-37-32)20-40-15-13-26(42)21-40/h3-12,18-19,26,35,41-42H,13-17,20-21H2,1-2H3,(H,38,43)(H,39,44). The van der Waals surface area contributed by atoms with E-state index in [4.69, 9.17) is 5.11 Å². The van der Waals surface area contributed by atoms with Gasteiger partial charge in [-0.05, 0) is 77.9 Å². The van der Waals surface area contributed by atoms with E-state index in [1.807, 2.05) is 62.4 Å². The summed E-state index contributed by atoms with van der Waals surface area (Å²) in [5.41, 5.74) is 7.54. The molecule has 0 bridgehead atoms. The largest absolute Gasteiger partial charge is 0.395 e. The first-order valence-corrected chi connectivity index (χ1v) is 14.8. The van der Waals surface area contributed by atoms with Crippen LogP contribution in [0.4, 0.5) is 11.4 Å². The number of nitrogens with zero attached hydrogens (tertiary/aromatic N) is 3. The number of aliphatic hydroxyl groups is 2. The van der Waals surface area contributed by atoms with Gasteiger partial charge in [0.15, 0.2) is 0 Å². The van der Waals surface area contributed by atoms with E-state index in [0.717, 1.165) is 46.3 Å². The zero-order chi connectivity index (χ0) is 31.1. The molecule has 2 aromatic carbocycles. The SMILES string of the molecule is Cc1c(NC(=O)c2ccc(CNCCO)cn2)cccc1-c1cccc(NC(=O)c2ccc(CN3CCC(O)C3)cn2)c1C. The fourth-order valence-electron chi connectivity index (χ4n) is 5.34. The number of carbonyl (C=O) groups is 2. The molecule has 1 aliphatic heterocycles. The minimum atomic E-state index is -0.311. The van der Waals surface area contributed by atoms with Gasteiger partial charge in [0, 0.05) is 56.5 Å². The van der Waals surface area contributed by atoms with Crippen LogP contribution in [0.2, 0.25) is 0 Å². The summed E-state index contributed by atoms with van der Waals surface area (Å²) in [7, 11) is 0. The van der Waals surface area contributed by atoms with E-state index in [9.17, 15) is 14.7 Å². The van der Waals surface area contributed by atoms with Crippen LogP contribution >= 0.6 is 0 Å². The first kappa shape index (κ1) is 31.0. The molecular formula is C34H38N6O4. The molecule has 0 spiro atoms. The van der Waals surface area contributed by atoms with Crippen LogP contribution in [-0.4, -0.2) is 69.2 Å². The van der Waals surface area contributed by atoms with E-state index in [1.54, 1.807) is 24.5 Å². The lowest BCUT2D eigenvalue weighted by atomic mass is 9.94. The third-order valence-electron chi connectivity index (χ3n) is 7.84. The lowest BCUT2D eigenvalue weighted by molar-refractivity contribution is 0.101. The number of anilines is 2. The second kappa shape index (κ2) is 14.3. The molecular weight excluding hydrogens is 556 g/mol. The summed E-state index contributed by atoms with van der Waals surface area (Å²) >= 11 is 0. The summed E-state index contributed by atoms with van der Waals surface area (Å²) in [6, 6.07) is 18.6. The van der Waals surface area contributed by atoms with Gasteiger partial charge in [0.1, 0.15) is 11.4 Å². The monoisotopic (exact) mass is 594 g/mol. The van der Waals surface area contributed by atoms with E-state index in [1.165, 1.54) is 0 Å². The second-order valence-corrected chi connectivity index (χ2v) is 11.0. The highest BCUT2D eigenvalue weighted by Crippen LogP contribution is 2.34. The van der Waals surface area contributed by atoms with E-state index in [0.29, 0.717) is 48.9 Å². The molecule has 4 aromatic rings. The normalized spacial score (nSPS) is 14.9. The number of aromatic nitrogens is 2. The van der Waals surface area contributed by atoms with Gasteiger partial charge >= 0.3 is 0 Å². The Morgan fingerprint density at radius 2 is 1.41 bits per heavy atom. The number of β-amino-alcohol motifs (C(OH)–C–C–N with tert-alkyl or cyclic N) is 1. The molecule has 1 aliphatic rings. The molecule has 1 saturated heterocycles. The minimum Gasteiger partial charge on any atom is -0.395 e. The molecule has 5 rings (SSSR count). The van der Waals surface area contributed by atoms with Crippen LogP contribution in [0.15, 0.2) is 73.1 Å². The summed E-state index contributed by atoms with van der Waals surface area (Å²) < 4.78 is 0. The van der Waals surface area contributed by atoms with Crippen molar-refractivity contribution >= 4 is 23.2 Å². The van der Waals surface area contributed by atoms with E-state index in [-0.39, 0.29) is 24.5 Å². The average molecular weight is 595 g/mol. The van der Waals surface area contributed by atoms with Crippen molar-refractivity contribution in [2.75, 3.05) is 36.9 Å². The number of hydrogen-bond donors (Lipinski definition) is 5. The summed E-state index contributed by atoms with van der Waals surface area (Å²) in [5, 5.41) is 27.7. The minimum absolute atomic E-state index is 0.0593. The van der Waals surface area contributed by atoms with Crippen molar-refractivity contribution in [2.24, 2.45) is 0 Å². The first-order chi connectivity index (χ1) is 21.3. The zero-order valence-corrected chi connectivity index (χ0v) is 25.0. The van der Waals surface area contributed by atoms with Crippen molar-refractivity contribution in [3.63, 3.8) is 0 Å². The Labute approximate surface area is 257 Å². The van der Waals surface area contributed by atoms with Crippen LogP contribution in [0.3, 0.4) is 0 Å². The average Bonchev–Trinajstić information content (AvgIpc) is 3.44. The Balaban J connectivity index is 1.26. The molecule has 10 nitrogen and oxygen atoms in total. The molecule has 3 heterocycles. The van der Waals surface area contributed by atoms with Gasteiger partial charge in [0.25, 0.3) is 11.8 Å². The van der Waals surface area contributed by atoms with Gasteiger partial charge in [-0.15, -0.1) is 0 Å². The molecule has 10 heteroatoms. The van der Waals surface area contributed by atoms with Gasteiger partial charge in [-0.3, -0.25) is 24.5 Å². The maximum absolute atomic E-state index is 13.1. The van der Waals surface area contributed by atoms with Crippen LogP contribution in [0, 0.1) is 13.8 Å². The highest BCUT2D eigenvalue weighted by atomic mass is 16.3. The Kier molecular flexibility index (Phi) is 10.1. The summed E-state index contributed by atoms with van der Waals surface area (Å²) in [6.07, 6.45) is 3.87. The Hall–Kier alpha value is -4.48. The molecule has 1 unspecified atom stereocenters. The lowest BCUT2D eigenvalue weighted by Gasteiger charge is -2.17.